The van der Waals surface area contributed by atoms with E-state index in [9.17, 15) is 13.2 Å². The van der Waals surface area contributed by atoms with Crippen LogP contribution in [0.25, 0.3) is 0 Å². The highest BCUT2D eigenvalue weighted by atomic mass is 32.2. The van der Waals surface area contributed by atoms with Gasteiger partial charge in [-0.05, 0) is 36.4 Å². The first-order valence-electron chi connectivity index (χ1n) is 5.24. The minimum absolute atomic E-state index is 0.0153. The molecule has 0 amide bonds. The van der Waals surface area contributed by atoms with Crippen molar-refractivity contribution in [2.24, 2.45) is 5.73 Å². The van der Waals surface area contributed by atoms with Crippen molar-refractivity contribution in [3.63, 3.8) is 0 Å². The Morgan fingerprint density at radius 1 is 1.00 bits per heavy atom. The molecule has 19 heavy (non-hydrogen) atoms. The summed E-state index contributed by atoms with van der Waals surface area (Å²) in [6.07, 6.45) is 0. The molecule has 2 rings (SSSR count). The summed E-state index contributed by atoms with van der Waals surface area (Å²) in [6.45, 7) is 0. The number of nitrogens with two attached hydrogens (primary N) is 1. The second-order valence-electron chi connectivity index (χ2n) is 3.74. The van der Waals surface area contributed by atoms with Crippen molar-refractivity contribution in [2.45, 2.75) is 9.79 Å². The van der Waals surface area contributed by atoms with Crippen LogP contribution in [0.1, 0.15) is 5.56 Å². The molecule has 2 aromatic carbocycles. The molecule has 0 aromatic heterocycles. The van der Waals surface area contributed by atoms with E-state index in [1.54, 1.807) is 0 Å². The lowest BCUT2D eigenvalue weighted by Crippen LogP contribution is -2.12. The van der Waals surface area contributed by atoms with Gasteiger partial charge in [0.2, 0.25) is 0 Å². The lowest BCUT2D eigenvalue weighted by Gasteiger charge is -2.07. The van der Waals surface area contributed by atoms with Gasteiger partial charge in [-0.15, -0.1) is 0 Å². The predicted molar refractivity (Wildman–Crippen MR) is 67.9 cm³/mol. The zero-order valence-corrected chi connectivity index (χ0v) is 10.4. The lowest BCUT2D eigenvalue weighted by molar-refractivity contribution is 0.540. The lowest BCUT2D eigenvalue weighted by atomic mass is 10.2. The molecule has 0 saturated carbocycles. The number of hydrogen-bond acceptors (Lipinski definition) is 2. The fraction of sp³-hybridized carbons (Fsp3) is 0. The molecule has 3 N–H and O–H groups in total. The number of nitrogen functional groups attached to an aromatic ring is 1. The molecule has 0 radical (unpaired) electrons. The Morgan fingerprint density at radius 3 is 2.00 bits per heavy atom. The molecule has 6 heteroatoms. The van der Waals surface area contributed by atoms with Crippen LogP contribution in [0.4, 0.5) is 13.2 Å². The summed E-state index contributed by atoms with van der Waals surface area (Å²) in [5, 5.41) is 7.14. The summed E-state index contributed by atoms with van der Waals surface area (Å²) in [4.78, 5) is 0.298. The van der Waals surface area contributed by atoms with Crippen LogP contribution in [0.2, 0.25) is 0 Å². The van der Waals surface area contributed by atoms with E-state index in [0.717, 1.165) is 23.9 Å². The second-order valence-corrected chi connectivity index (χ2v) is 4.82. The topological polar surface area (TPSA) is 49.9 Å². The van der Waals surface area contributed by atoms with Gasteiger partial charge in [-0.3, -0.25) is 5.41 Å². The van der Waals surface area contributed by atoms with Crippen molar-refractivity contribution in [3.8, 4) is 0 Å². The van der Waals surface area contributed by atoms with Crippen LogP contribution in [0.3, 0.4) is 0 Å². The highest BCUT2D eigenvalue weighted by molar-refractivity contribution is 7.99. The average Bonchev–Trinajstić information content (AvgIpc) is 2.35. The van der Waals surface area contributed by atoms with Crippen molar-refractivity contribution in [2.75, 3.05) is 0 Å². The standard InChI is InChI=1S/C13H9F3N2S/c14-8-1-3-9(4-2-8)19-12-10(15)5-7(13(17)18)6-11(12)16/h1-6H,(H3,17,18). The van der Waals surface area contributed by atoms with Crippen molar-refractivity contribution in [1.82, 2.24) is 0 Å². The fourth-order valence-corrected chi connectivity index (χ4v) is 2.25. The predicted octanol–water partition coefficient (Wildman–Crippen LogP) is 3.54. The van der Waals surface area contributed by atoms with Gasteiger partial charge in [0.25, 0.3) is 0 Å². The minimum Gasteiger partial charge on any atom is -0.384 e. The SMILES string of the molecule is N=C(N)c1cc(F)c(Sc2ccc(F)cc2)c(F)c1. The molecule has 0 aliphatic rings. The number of hydrogen-bond donors (Lipinski definition) is 2. The van der Waals surface area contributed by atoms with Crippen LogP contribution in [-0.4, -0.2) is 5.84 Å². The quantitative estimate of drug-likeness (QED) is 0.668. The van der Waals surface area contributed by atoms with Crippen LogP contribution in [0.15, 0.2) is 46.2 Å². The molecular formula is C13H9F3N2S. The minimum atomic E-state index is -0.806. The van der Waals surface area contributed by atoms with Gasteiger partial charge >= 0.3 is 0 Å². The zero-order valence-electron chi connectivity index (χ0n) is 9.58. The molecule has 0 heterocycles. The van der Waals surface area contributed by atoms with Gasteiger partial charge < -0.3 is 5.73 Å². The van der Waals surface area contributed by atoms with Gasteiger partial charge in [0.15, 0.2) is 0 Å². The highest BCUT2D eigenvalue weighted by Gasteiger charge is 2.14. The van der Waals surface area contributed by atoms with Gasteiger partial charge in [-0.1, -0.05) is 11.8 Å². The van der Waals surface area contributed by atoms with E-state index in [0.29, 0.717) is 4.90 Å². The van der Waals surface area contributed by atoms with E-state index < -0.39 is 23.3 Å². The Hall–Kier alpha value is -1.95. The molecular weight excluding hydrogens is 273 g/mol. The summed E-state index contributed by atoms with van der Waals surface area (Å²) in [5.41, 5.74) is 5.16. The third kappa shape index (κ3) is 3.08. The molecule has 0 spiro atoms. The number of benzene rings is 2. The molecule has 0 atom stereocenters. The Bertz CT molecular complexity index is 603. The smallest absolute Gasteiger partial charge is 0.140 e. The van der Waals surface area contributed by atoms with Crippen LogP contribution in [0, 0.1) is 22.9 Å². The first kappa shape index (κ1) is 13.5. The molecule has 0 bridgehead atoms. The van der Waals surface area contributed by atoms with Gasteiger partial charge in [0.1, 0.15) is 23.3 Å². The van der Waals surface area contributed by atoms with E-state index >= 15 is 0 Å². The average molecular weight is 282 g/mol. The summed E-state index contributed by atoms with van der Waals surface area (Å²) in [7, 11) is 0. The number of amidine groups is 1. The molecule has 2 nitrogen and oxygen atoms in total. The van der Waals surface area contributed by atoms with Crippen LogP contribution >= 0.6 is 11.8 Å². The molecule has 98 valence electrons. The molecule has 2 aromatic rings. The van der Waals surface area contributed by atoms with E-state index in [4.69, 9.17) is 11.1 Å². The monoisotopic (exact) mass is 282 g/mol. The van der Waals surface area contributed by atoms with E-state index in [1.807, 2.05) is 0 Å². The largest absolute Gasteiger partial charge is 0.384 e. The van der Waals surface area contributed by atoms with Crippen molar-refractivity contribution in [1.29, 1.82) is 5.41 Å². The van der Waals surface area contributed by atoms with Crippen LogP contribution in [-0.2, 0) is 0 Å². The van der Waals surface area contributed by atoms with Crippen LogP contribution < -0.4 is 5.73 Å². The Balaban J connectivity index is 2.35. The highest BCUT2D eigenvalue weighted by Crippen LogP contribution is 2.32. The second kappa shape index (κ2) is 5.36. The number of halogens is 3. The molecule has 0 saturated heterocycles. The first-order chi connectivity index (χ1) is 8.97. The van der Waals surface area contributed by atoms with Crippen molar-refractivity contribution in [3.05, 3.63) is 59.4 Å². The molecule has 0 aliphatic carbocycles. The van der Waals surface area contributed by atoms with Gasteiger partial charge in [-0.2, -0.15) is 0 Å². The zero-order chi connectivity index (χ0) is 14.0. The Kier molecular flexibility index (Phi) is 3.80. The van der Waals surface area contributed by atoms with Gasteiger partial charge in [0.05, 0.1) is 4.90 Å². The van der Waals surface area contributed by atoms with Gasteiger partial charge in [-0.25, -0.2) is 13.2 Å². The fourth-order valence-electron chi connectivity index (χ4n) is 1.43. The van der Waals surface area contributed by atoms with E-state index in [-0.39, 0.29) is 10.5 Å². The summed E-state index contributed by atoms with van der Waals surface area (Å²) in [6, 6.07) is 7.27. The molecule has 0 unspecified atom stereocenters. The van der Waals surface area contributed by atoms with Crippen molar-refractivity contribution >= 4 is 17.6 Å². The molecule has 0 fully saturated rings. The maximum absolute atomic E-state index is 13.7. The third-order valence-electron chi connectivity index (χ3n) is 2.34. The Labute approximate surface area is 111 Å². The third-order valence-corrected chi connectivity index (χ3v) is 3.44. The first-order valence-corrected chi connectivity index (χ1v) is 6.06. The Morgan fingerprint density at radius 2 is 1.53 bits per heavy atom. The van der Waals surface area contributed by atoms with Crippen LogP contribution in [0.5, 0.6) is 0 Å². The number of nitrogens with one attached hydrogen (secondary N) is 1. The summed E-state index contributed by atoms with van der Waals surface area (Å²) in [5.74, 6) is -2.44. The number of rotatable bonds is 3. The molecule has 0 aliphatic heterocycles. The van der Waals surface area contributed by atoms with E-state index in [1.165, 1.54) is 24.3 Å². The summed E-state index contributed by atoms with van der Waals surface area (Å²) < 4.78 is 40.2. The normalized spacial score (nSPS) is 10.5. The van der Waals surface area contributed by atoms with E-state index in [2.05, 4.69) is 0 Å². The summed E-state index contributed by atoms with van der Waals surface area (Å²) >= 11 is 0.842. The maximum Gasteiger partial charge on any atom is 0.140 e. The van der Waals surface area contributed by atoms with Crippen molar-refractivity contribution < 1.29 is 13.2 Å². The van der Waals surface area contributed by atoms with Gasteiger partial charge in [0, 0.05) is 10.5 Å². The maximum atomic E-state index is 13.7.